The fraction of sp³-hybridized carbons (Fsp3) is 0.833. The van der Waals surface area contributed by atoms with E-state index in [9.17, 15) is 0 Å². The summed E-state index contributed by atoms with van der Waals surface area (Å²) in [5.41, 5.74) is 1.42. The highest BCUT2D eigenvalue weighted by Crippen LogP contribution is 2.42. The first kappa shape index (κ1) is 15.5. The number of rotatable bonds is 5. The topological polar surface area (TPSA) is 24.9 Å². The first-order chi connectivity index (χ1) is 10.3. The lowest BCUT2D eigenvalue weighted by Gasteiger charge is -2.26. The molecule has 0 aromatic carbocycles. The molecule has 2 aliphatic rings. The van der Waals surface area contributed by atoms with E-state index in [1.54, 1.807) is 4.88 Å². The van der Waals surface area contributed by atoms with Gasteiger partial charge < -0.3 is 5.32 Å². The molecule has 1 heterocycles. The lowest BCUT2D eigenvalue weighted by Crippen LogP contribution is -2.24. The number of hydrogen-bond acceptors (Lipinski definition) is 3. The summed E-state index contributed by atoms with van der Waals surface area (Å²) < 4.78 is 0. The Hall–Kier alpha value is -0.410. The van der Waals surface area contributed by atoms with Crippen LogP contribution in [0, 0.1) is 5.92 Å². The van der Waals surface area contributed by atoms with Gasteiger partial charge in [-0.15, -0.1) is 11.3 Å². The third-order valence-electron chi connectivity index (χ3n) is 5.38. The van der Waals surface area contributed by atoms with Crippen molar-refractivity contribution in [1.82, 2.24) is 10.3 Å². The highest BCUT2D eigenvalue weighted by molar-refractivity contribution is 7.12. The van der Waals surface area contributed by atoms with Crippen molar-refractivity contribution in [3.8, 4) is 0 Å². The van der Waals surface area contributed by atoms with Crippen LogP contribution in [0.2, 0.25) is 0 Å². The largest absolute Gasteiger partial charge is 0.309 e. The maximum absolute atomic E-state index is 5.06. The van der Waals surface area contributed by atoms with Crippen molar-refractivity contribution in [2.24, 2.45) is 5.92 Å². The molecule has 0 spiro atoms. The van der Waals surface area contributed by atoms with Gasteiger partial charge in [0.2, 0.25) is 0 Å². The van der Waals surface area contributed by atoms with Crippen LogP contribution in [0.4, 0.5) is 0 Å². The molecule has 0 aliphatic heterocycles. The Morgan fingerprint density at radius 2 is 1.95 bits per heavy atom. The van der Waals surface area contributed by atoms with E-state index in [2.05, 4.69) is 19.2 Å². The second-order valence-corrected chi connectivity index (χ2v) is 7.95. The highest BCUT2D eigenvalue weighted by atomic mass is 32.1. The van der Waals surface area contributed by atoms with Crippen molar-refractivity contribution in [3.63, 3.8) is 0 Å². The van der Waals surface area contributed by atoms with Crippen LogP contribution in [0.1, 0.15) is 92.8 Å². The molecule has 21 heavy (non-hydrogen) atoms. The molecule has 118 valence electrons. The molecule has 1 N–H and O–H groups in total. The molecule has 1 aromatic rings. The quantitative estimate of drug-likeness (QED) is 0.808. The zero-order valence-corrected chi connectivity index (χ0v) is 14.5. The Morgan fingerprint density at radius 3 is 2.67 bits per heavy atom. The van der Waals surface area contributed by atoms with Crippen LogP contribution in [0.5, 0.6) is 0 Å². The van der Waals surface area contributed by atoms with E-state index >= 15 is 0 Å². The van der Waals surface area contributed by atoms with Crippen LogP contribution < -0.4 is 5.32 Å². The van der Waals surface area contributed by atoms with Crippen LogP contribution in [0.25, 0.3) is 0 Å². The molecule has 3 rings (SSSR count). The number of nitrogens with one attached hydrogen (secondary N) is 1. The van der Waals surface area contributed by atoms with Gasteiger partial charge >= 0.3 is 0 Å². The molecule has 0 radical (unpaired) electrons. The van der Waals surface area contributed by atoms with Crippen molar-refractivity contribution in [2.75, 3.05) is 6.54 Å². The minimum atomic E-state index is 0.590. The van der Waals surface area contributed by atoms with Crippen molar-refractivity contribution in [1.29, 1.82) is 0 Å². The monoisotopic (exact) mass is 306 g/mol. The van der Waals surface area contributed by atoms with Gasteiger partial charge in [-0.1, -0.05) is 20.3 Å². The Labute approximate surface area is 133 Å². The number of thiazole rings is 1. The van der Waals surface area contributed by atoms with Gasteiger partial charge in [-0.3, -0.25) is 0 Å². The third kappa shape index (κ3) is 3.50. The van der Waals surface area contributed by atoms with Gasteiger partial charge in [0, 0.05) is 16.8 Å². The molecule has 1 unspecified atom stereocenters. The van der Waals surface area contributed by atoms with Gasteiger partial charge in [0.25, 0.3) is 0 Å². The predicted molar refractivity (Wildman–Crippen MR) is 91.1 cm³/mol. The summed E-state index contributed by atoms with van der Waals surface area (Å²) in [6, 6.07) is 0.590. The lowest BCUT2D eigenvalue weighted by molar-refractivity contribution is 0.318. The second kappa shape index (κ2) is 7.23. The molecule has 0 saturated heterocycles. The van der Waals surface area contributed by atoms with E-state index in [-0.39, 0.29) is 0 Å². The molecule has 1 saturated carbocycles. The van der Waals surface area contributed by atoms with Gasteiger partial charge in [0.05, 0.1) is 10.7 Å². The van der Waals surface area contributed by atoms with Crippen molar-refractivity contribution >= 4 is 11.3 Å². The summed E-state index contributed by atoms with van der Waals surface area (Å²) in [6.45, 7) is 5.73. The average Bonchev–Trinajstić information content (AvgIpc) is 2.97. The molecule has 1 atom stereocenters. The molecule has 0 amide bonds. The number of nitrogens with zero attached hydrogens (tertiary/aromatic N) is 1. The number of aromatic nitrogens is 1. The summed E-state index contributed by atoms with van der Waals surface area (Å²) in [5.74, 6) is 1.74. The Kier molecular flexibility index (Phi) is 5.33. The van der Waals surface area contributed by atoms with Crippen molar-refractivity contribution in [2.45, 2.75) is 83.6 Å². The van der Waals surface area contributed by atoms with E-state index < -0.39 is 0 Å². The van der Waals surface area contributed by atoms with Gasteiger partial charge in [-0.2, -0.15) is 0 Å². The Bertz CT molecular complexity index is 446. The zero-order valence-electron chi connectivity index (χ0n) is 13.7. The Balaban J connectivity index is 1.69. The molecule has 2 nitrogen and oxygen atoms in total. The van der Waals surface area contributed by atoms with Gasteiger partial charge in [0.1, 0.15) is 0 Å². The van der Waals surface area contributed by atoms with Crippen LogP contribution in [0.3, 0.4) is 0 Å². The minimum Gasteiger partial charge on any atom is -0.309 e. The van der Waals surface area contributed by atoms with Gasteiger partial charge in [0.15, 0.2) is 0 Å². The second-order valence-electron chi connectivity index (χ2n) is 6.89. The maximum Gasteiger partial charge on any atom is 0.0962 e. The van der Waals surface area contributed by atoms with E-state index in [0.29, 0.717) is 6.04 Å². The van der Waals surface area contributed by atoms with E-state index in [1.807, 2.05) is 11.3 Å². The van der Waals surface area contributed by atoms with E-state index in [1.165, 1.54) is 68.5 Å². The third-order valence-corrected chi connectivity index (χ3v) is 6.75. The molecule has 2 aliphatic carbocycles. The number of hydrogen-bond donors (Lipinski definition) is 1. The molecule has 1 aromatic heterocycles. The van der Waals surface area contributed by atoms with E-state index in [0.717, 1.165) is 18.4 Å². The van der Waals surface area contributed by atoms with Crippen LogP contribution in [-0.2, 0) is 6.42 Å². The predicted octanol–water partition coefficient (Wildman–Crippen LogP) is 5.20. The van der Waals surface area contributed by atoms with Crippen LogP contribution >= 0.6 is 11.3 Å². The fourth-order valence-electron chi connectivity index (χ4n) is 3.94. The first-order valence-electron chi connectivity index (χ1n) is 9.04. The zero-order chi connectivity index (χ0) is 14.7. The maximum atomic E-state index is 5.06. The number of aryl methyl sites for hydroxylation is 1. The molecule has 0 bridgehead atoms. The van der Waals surface area contributed by atoms with Crippen LogP contribution in [0.15, 0.2) is 0 Å². The Morgan fingerprint density at radius 1 is 1.14 bits per heavy atom. The smallest absolute Gasteiger partial charge is 0.0962 e. The SMILES string of the molecule is CCCNC1CCCc2nc(C3CCC(CC)CC3)sc21. The number of fused-ring (bicyclic) bond motifs is 1. The summed E-state index contributed by atoms with van der Waals surface area (Å²) in [6.07, 6.45) is 12.0. The molecular formula is C18H30N2S. The average molecular weight is 307 g/mol. The van der Waals surface area contributed by atoms with E-state index in [4.69, 9.17) is 4.98 Å². The molecule has 1 fully saturated rings. The van der Waals surface area contributed by atoms with Gasteiger partial charge in [-0.25, -0.2) is 4.98 Å². The van der Waals surface area contributed by atoms with Gasteiger partial charge in [-0.05, 0) is 63.8 Å². The van der Waals surface area contributed by atoms with Crippen molar-refractivity contribution < 1.29 is 0 Å². The van der Waals surface area contributed by atoms with Crippen LogP contribution in [-0.4, -0.2) is 11.5 Å². The first-order valence-corrected chi connectivity index (χ1v) is 9.86. The summed E-state index contributed by atoms with van der Waals surface area (Å²) in [7, 11) is 0. The standard InChI is InChI=1S/C18H30N2S/c1-3-12-19-15-6-5-7-16-17(15)21-18(20-16)14-10-8-13(4-2)9-11-14/h13-15,19H,3-12H2,1-2H3. The van der Waals surface area contributed by atoms with Crippen molar-refractivity contribution in [3.05, 3.63) is 15.6 Å². The summed E-state index contributed by atoms with van der Waals surface area (Å²) in [4.78, 5) is 6.63. The molecule has 3 heteroatoms. The fourth-order valence-corrected chi connectivity index (χ4v) is 5.34. The summed E-state index contributed by atoms with van der Waals surface area (Å²) >= 11 is 2.04. The molecular weight excluding hydrogens is 276 g/mol. The summed E-state index contributed by atoms with van der Waals surface area (Å²) in [5, 5.41) is 5.19. The highest BCUT2D eigenvalue weighted by Gasteiger charge is 2.28. The lowest BCUT2D eigenvalue weighted by atomic mass is 9.81. The minimum absolute atomic E-state index is 0.590. The normalized spacial score (nSPS) is 29.3.